The predicted molar refractivity (Wildman–Crippen MR) is 135 cm³/mol. The summed E-state index contributed by atoms with van der Waals surface area (Å²) in [5.74, 6) is 0.907. The number of carbonyl (C=O) groups excluding carboxylic acids is 2. The summed E-state index contributed by atoms with van der Waals surface area (Å²) in [6.07, 6.45) is 5.05. The molecule has 0 aliphatic rings. The van der Waals surface area contributed by atoms with Gasteiger partial charge in [0.05, 0.1) is 17.3 Å². The van der Waals surface area contributed by atoms with E-state index in [1.165, 1.54) is 6.20 Å². The van der Waals surface area contributed by atoms with E-state index in [4.69, 9.17) is 9.15 Å². The molecule has 0 fully saturated rings. The molecule has 188 valence electrons. The number of fused-ring (bicyclic) bond motifs is 1. The molecule has 0 saturated heterocycles. The van der Waals surface area contributed by atoms with Gasteiger partial charge in [-0.15, -0.1) is 0 Å². The Morgan fingerprint density at radius 2 is 1.91 bits per heavy atom. The van der Waals surface area contributed by atoms with E-state index in [9.17, 15) is 14.4 Å². The van der Waals surface area contributed by atoms with Crippen LogP contribution in [0, 0.1) is 0 Å². The Kier molecular flexibility index (Phi) is 8.48. The molecule has 1 atom stereocenters. The largest absolute Gasteiger partial charge is 0.444 e. The monoisotopic (exact) mass is 481 g/mol. The Labute approximate surface area is 205 Å². The van der Waals surface area contributed by atoms with Crippen LogP contribution in [0.3, 0.4) is 0 Å². The van der Waals surface area contributed by atoms with E-state index in [1.54, 1.807) is 38.5 Å². The van der Waals surface area contributed by atoms with Gasteiger partial charge in [-0.3, -0.25) is 9.59 Å². The van der Waals surface area contributed by atoms with Gasteiger partial charge in [-0.1, -0.05) is 38.0 Å². The molecule has 8 nitrogen and oxygen atoms in total. The van der Waals surface area contributed by atoms with Crippen LogP contribution in [0.25, 0.3) is 22.2 Å². The molecule has 2 heterocycles. The maximum absolute atomic E-state index is 13.0. The zero-order valence-electron chi connectivity index (χ0n) is 21.2. The number of pyridine rings is 1. The molecule has 0 unspecified atom stereocenters. The van der Waals surface area contributed by atoms with Crippen molar-refractivity contribution < 1.29 is 18.7 Å². The molecule has 1 aromatic carbocycles. The summed E-state index contributed by atoms with van der Waals surface area (Å²) < 4.78 is 13.0. The van der Waals surface area contributed by atoms with Crippen LogP contribution in [0.5, 0.6) is 0 Å². The van der Waals surface area contributed by atoms with E-state index in [0.717, 1.165) is 30.2 Å². The van der Waals surface area contributed by atoms with Gasteiger partial charge in [-0.05, 0) is 51.1 Å². The van der Waals surface area contributed by atoms with Crippen LogP contribution < -0.4 is 10.9 Å². The van der Waals surface area contributed by atoms with Gasteiger partial charge in [-0.25, -0.2) is 9.78 Å². The number of oxazole rings is 1. The summed E-state index contributed by atoms with van der Waals surface area (Å²) in [5.41, 5.74) is 0.392. The first-order chi connectivity index (χ1) is 16.6. The van der Waals surface area contributed by atoms with Crippen LogP contribution >= 0.6 is 0 Å². The van der Waals surface area contributed by atoms with E-state index < -0.39 is 17.7 Å². The van der Waals surface area contributed by atoms with Gasteiger partial charge in [0.1, 0.15) is 17.4 Å². The highest BCUT2D eigenvalue weighted by atomic mass is 16.6. The average Bonchev–Trinajstić information content (AvgIpc) is 3.29. The summed E-state index contributed by atoms with van der Waals surface area (Å²) in [4.78, 5) is 41.4. The Bertz CT molecular complexity index is 1240. The van der Waals surface area contributed by atoms with Crippen molar-refractivity contribution in [3.63, 3.8) is 0 Å². The number of amides is 1. The fraction of sp³-hybridized carbons (Fsp3) is 0.481. The number of aryl methyl sites for hydroxylation is 1. The van der Waals surface area contributed by atoms with Crippen molar-refractivity contribution in [2.75, 3.05) is 0 Å². The average molecular weight is 482 g/mol. The molecule has 0 aliphatic heterocycles. The highest BCUT2D eigenvalue weighted by molar-refractivity contribution is 5.83. The molecule has 0 bridgehead atoms. The van der Waals surface area contributed by atoms with Crippen molar-refractivity contribution >= 4 is 22.8 Å². The minimum absolute atomic E-state index is 0.191. The van der Waals surface area contributed by atoms with Crippen molar-refractivity contribution in [2.45, 2.75) is 77.9 Å². The van der Waals surface area contributed by atoms with E-state index in [-0.39, 0.29) is 11.3 Å². The predicted octanol–water partition coefficient (Wildman–Crippen LogP) is 5.69. The number of alkyl carbamates (subject to hydrolysis) is 1. The Morgan fingerprint density at radius 3 is 2.63 bits per heavy atom. The molecule has 1 amide bonds. The van der Waals surface area contributed by atoms with Crippen LogP contribution in [0.4, 0.5) is 4.79 Å². The lowest BCUT2D eigenvalue weighted by Gasteiger charge is -2.22. The van der Waals surface area contributed by atoms with Crippen molar-refractivity contribution in [3.05, 3.63) is 52.8 Å². The molecule has 35 heavy (non-hydrogen) atoms. The summed E-state index contributed by atoms with van der Waals surface area (Å²) in [5, 5.41) is 3.76. The number of aromatic nitrogens is 2. The zero-order chi connectivity index (χ0) is 25.6. The van der Waals surface area contributed by atoms with Gasteiger partial charge < -0.3 is 19.0 Å². The Morgan fingerprint density at radius 1 is 1.17 bits per heavy atom. The summed E-state index contributed by atoms with van der Waals surface area (Å²) in [6, 6.07) is 8.90. The van der Waals surface area contributed by atoms with Crippen LogP contribution in [0.2, 0.25) is 0 Å². The summed E-state index contributed by atoms with van der Waals surface area (Å²) in [6.45, 7) is 7.26. The number of carbonyl (C=O) groups is 2. The smallest absolute Gasteiger partial charge is 0.408 e. The normalized spacial score (nSPS) is 12.5. The molecule has 3 rings (SSSR count). The molecule has 0 saturated carbocycles. The number of unbranched alkanes of at least 4 members (excludes halogenated alkanes) is 2. The van der Waals surface area contributed by atoms with E-state index in [1.807, 2.05) is 31.2 Å². The Hall–Kier alpha value is -3.42. The number of hydrogen-bond donors (Lipinski definition) is 1. The molecule has 0 aliphatic carbocycles. The van der Waals surface area contributed by atoms with Crippen LogP contribution in [0.15, 0.2) is 45.7 Å². The first-order valence-electron chi connectivity index (χ1n) is 12.1. The van der Waals surface area contributed by atoms with Gasteiger partial charge in [0.2, 0.25) is 5.89 Å². The second-order valence-corrected chi connectivity index (χ2v) is 9.73. The number of ketones is 1. The summed E-state index contributed by atoms with van der Waals surface area (Å²) in [7, 11) is 1.72. The third-order valence-electron chi connectivity index (χ3n) is 5.75. The van der Waals surface area contributed by atoms with Gasteiger partial charge in [0.15, 0.2) is 5.76 Å². The first kappa shape index (κ1) is 26.2. The highest BCUT2D eigenvalue weighted by Gasteiger charge is 2.24. The van der Waals surface area contributed by atoms with Crippen molar-refractivity contribution in [3.8, 4) is 11.3 Å². The molecule has 3 aromatic rings. The lowest BCUT2D eigenvalue weighted by atomic mass is 10.1. The number of benzene rings is 1. The number of nitrogens with one attached hydrogen (secondary N) is 1. The SMILES string of the molecule is CCC(=O)CCCCC[C@H](NC(=O)OC(C)(C)C)c1ncc(-c2cc3ccccc3n(C)c2=O)o1. The maximum Gasteiger partial charge on any atom is 0.408 e. The number of nitrogens with zero attached hydrogens (tertiary/aromatic N) is 2. The highest BCUT2D eigenvalue weighted by Crippen LogP contribution is 2.26. The number of ether oxygens (including phenoxy) is 1. The third-order valence-corrected chi connectivity index (χ3v) is 5.75. The van der Waals surface area contributed by atoms with Gasteiger partial charge in [0, 0.05) is 19.9 Å². The molecular weight excluding hydrogens is 446 g/mol. The molecule has 8 heteroatoms. The lowest BCUT2D eigenvalue weighted by Crippen LogP contribution is -2.35. The molecular formula is C27H35N3O5. The van der Waals surface area contributed by atoms with Gasteiger partial charge >= 0.3 is 6.09 Å². The number of Topliss-reactive ketones (excluding diaryl/α,β-unsaturated/α-hetero) is 1. The second-order valence-electron chi connectivity index (χ2n) is 9.73. The lowest BCUT2D eigenvalue weighted by molar-refractivity contribution is -0.118. The maximum atomic E-state index is 13.0. The molecule has 0 spiro atoms. The third kappa shape index (κ3) is 7.04. The van der Waals surface area contributed by atoms with Crippen LogP contribution in [-0.4, -0.2) is 27.0 Å². The fourth-order valence-corrected chi connectivity index (χ4v) is 3.90. The summed E-state index contributed by atoms with van der Waals surface area (Å²) >= 11 is 0. The van der Waals surface area contributed by atoms with E-state index in [2.05, 4.69) is 10.3 Å². The topological polar surface area (TPSA) is 103 Å². The molecule has 1 N–H and O–H groups in total. The molecule has 0 radical (unpaired) electrons. The second kappa shape index (κ2) is 11.3. The minimum Gasteiger partial charge on any atom is -0.444 e. The number of rotatable bonds is 10. The van der Waals surface area contributed by atoms with Crippen LogP contribution in [0.1, 0.15) is 78.2 Å². The van der Waals surface area contributed by atoms with Crippen molar-refractivity contribution in [1.82, 2.24) is 14.9 Å². The first-order valence-corrected chi connectivity index (χ1v) is 12.1. The fourth-order valence-electron chi connectivity index (χ4n) is 3.90. The standard InChI is InChI=1S/C27H35N3O5/c1-6-19(31)13-8-7-9-14-21(29-26(33)35-27(2,3)4)24-28-17-23(34-24)20-16-18-12-10-11-15-22(18)30(5)25(20)32/h10-12,15-17,21H,6-9,13-14H2,1-5H3,(H,29,33)/t21-/m0/s1. The van der Waals surface area contributed by atoms with E-state index >= 15 is 0 Å². The van der Waals surface area contributed by atoms with Crippen LogP contribution in [-0.2, 0) is 16.6 Å². The van der Waals surface area contributed by atoms with Gasteiger partial charge in [0.25, 0.3) is 5.56 Å². The Balaban J connectivity index is 1.82. The van der Waals surface area contributed by atoms with E-state index in [0.29, 0.717) is 36.5 Å². The van der Waals surface area contributed by atoms with Crippen molar-refractivity contribution in [1.29, 1.82) is 0 Å². The van der Waals surface area contributed by atoms with Crippen molar-refractivity contribution in [2.24, 2.45) is 7.05 Å². The quantitative estimate of drug-likeness (QED) is 0.373. The number of hydrogen-bond acceptors (Lipinski definition) is 6. The zero-order valence-corrected chi connectivity index (χ0v) is 21.2. The molecule has 2 aromatic heterocycles. The van der Waals surface area contributed by atoms with Gasteiger partial charge in [-0.2, -0.15) is 0 Å². The minimum atomic E-state index is -0.645. The number of para-hydroxylation sites is 1.